The molecule has 0 spiro atoms. The van der Waals surface area contributed by atoms with Crippen molar-refractivity contribution in [1.29, 1.82) is 0 Å². The van der Waals surface area contributed by atoms with E-state index in [9.17, 15) is 4.79 Å². The maximum Gasteiger partial charge on any atom is 0.337 e. The van der Waals surface area contributed by atoms with Gasteiger partial charge in [-0.25, -0.2) is 14.8 Å². The Morgan fingerprint density at radius 1 is 0.964 bits per heavy atom. The van der Waals surface area contributed by atoms with Crippen LogP contribution in [0.15, 0.2) is 60.9 Å². The van der Waals surface area contributed by atoms with Crippen LogP contribution in [-0.2, 0) is 4.74 Å². The second-order valence-electron chi connectivity index (χ2n) is 5.83. The summed E-state index contributed by atoms with van der Waals surface area (Å²) in [6.07, 6.45) is 1.47. The number of fused-ring (bicyclic) bond motifs is 1. The molecule has 4 rings (SSSR count). The molecule has 0 saturated heterocycles. The van der Waals surface area contributed by atoms with E-state index in [0.29, 0.717) is 22.9 Å². The predicted molar refractivity (Wildman–Crippen MR) is 107 cm³/mol. The first-order valence-electron chi connectivity index (χ1n) is 8.44. The Bertz CT molecular complexity index is 1140. The van der Waals surface area contributed by atoms with Gasteiger partial charge in [-0.05, 0) is 29.8 Å². The Kier molecular flexibility index (Phi) is 4.90. The number of nitrogens with zero attached hydrogens (tertiary/aromatic N) is 2. The van der Waals surface area contributed by atoms with Crippen molar-refractivity contribution in [2.45, 2.75) is 0 Å². The van der Waals surface area contributed by atoms with Crippen LogP contribution in [0.25, 0.3) is 20.7 Å². The molecule has 2 heterocycles. The number of esters is 1. The fourth-order valence-corrected chi connectivity index (χ4v) is 3.76. The second kappa shape index (κ2) is 7.66. The molecule has 0 saturated carbocycles. The molecule has 0 N–H and O–H groups in total. The first-order valence-corrected chi connectivity index (χ1v) is 9.25. The highest BCUT2D eigenvalue weighted by Gasteiger charge is 2.16. The van der Waals surface area contributed by atoms with Crippen LogP contribution in [0.2, 0.25) is 0 Å². The van der Waals surface area contributed by atoms with Gasteiger partial charge in [0, 0.05) is 4.88 Å². The van der Waals surface area contributed by atoms with Crippen LogP contribution in [0.5, 0.6) is 17.4 Å². The Labute approximate surface area is 165 Å². The molecule has 0 radical (unpaired) electrons. The third-order valence-electron chi connectivity index (χ3n) is 4.14. The first-order chi connectivity index (χ1) is 13.7. The van der Waals surface area contributed by atoms with Gasteiger partial charge in [-0.15, -0.1) is 11.3 Å². The number of ether oxygens (including phenoxy) is 3. The maximum atomic E-state index is 11.7. The SMILES string of the molecule is COC(=O)c1ccc(Oc2ncnc3sc(-c4ccccc4)cc23)c(OC)c1. The standard InChI is InChI=1S/C21H16N2O4S/c1-25-17-10-14(21(24)26-2)8-9-16(17)27-19-15-11-18(13-6-4-3-5-7-13)28-20(15)23-12-22-19/h3-12H,1-2H3. The summed E-state index contributed by atoms with van der Waals surface area (Å²) >= 11 is 1.57. The summed E-state index contributed by atoms with van der Waals surface area (Å²) in [5.74, 6) is 0.836. The van der Waals surface area contributed by atoms with E-state index in [0.717, 1.165) is 20.7 Å². The molecule has 140 valence electrons. The van der Waals surface area contributed by atoms with Crippen molar-refractivity contribution in [3.8, 4) is 27.8 Å². The average Bonchev–Trinajstić information content (AvgIpc) is 3.19. The predicted octanol–water partition coefficient (Wildman–Crippen LogP) is 4.95. The van der Waals surface area contributed by atoms with Crippen molar-refractivity contribution in [3.05, 3.63) is 66.5 Å². The van der Waals surface area contributed by atoms with Gasteiger partial charge >= 0.3 is 5.97 Å². The molecule has 2 aromatic heterocycles. The molecule has 0 bridgehead atoms. The summed E-state index contributed by atoms with van der Waals surface area (Å²) in [6, 6.07) is 16.9. The molecular weight excluding hydrogens is 376 g/mol. The lowest BCUT2D eigenvalue weighted by Crippen LogP contribution is -2.02. The molecule has 0 atom stereocenters. The fourth-order valence-electron chi connectivity index (χ4n) is 2.76. The number of methoxy groups -OCH3 is 2. The van der Waals surface area contributed by atoms with Gasteiger partial charge in [-0.1, -0.05) is 30.3 Å². The van der Waals surface area contributed by atoms with Gasteiger partial charge < -0.3 is 14.2 Å². The van der Waals surface area contributed by atoms with E-state index in [1.807, 2.05) is 36.4 Å². The molecule has 6 nitrogen and oxygen atoms in total. The van der Waals surface area contributed by atoms with Gasteiger partial charge in [0.15, 0.2) is 11.5 Å². The molecule has 0 unspecified atom stereocenters. The van der Waals surface area contributed by atoms with Crippen molar-refractivity contribution >= 4 is 27.5 Å². The van der Waals surface area contributed by atoms with Crippen molar-refractivity contribution in [2.24, 2.45) is 0 Å². The number of carbonyl (C=O) groups is 1. The summed E-state index contributed by atoms with van der Waals surface area (Å²) in [6.45, 7) is 0. The first kappa shape index (κ1) is 17.9. The number of aromatic nitrogens is 2. The zero-order chi connectivity index (χ0) is 19.5. The molecule has 0 amide bonds. The smallest absolute Gasteiger partial charge is 0.337 e. The van der Waals surface area contributed by atoms with E-state index in [4.69, 9.17) is 14.2 Å². The minimum Gasteiger partial charge on any atom is -0.493 e. The van der Waals surface area contributed by atoms with Crippen molar-refractivity contribution in [2.75, 3.05) is 14.2 Å². The topological polar surface area (TPSA) is 70.5 Å². The summed E-state index contributed by atoms with van der Waals surface area (Å²) < 4.78 is 16.1. The Hall–Kier alpha value is -3.45. The molecule has 0 aliphatic carbocycles. The zero-order valence-corrected chi connectivity index (χ0v) is 16.0. The van der Waals surface area contributed by atoms with E-state index in [1.54, 1.807) is 29.5 Å². The Balaban J connectivity index is 1.72. The van der Waals surface area contributed by atoms with E-state index in [-0.39, 0.29) is 0 Å². The second-order valence-corrected chi connectivity index (χ2v) is 6.86. The summed E-state index contributed by atoms with van der Waals surface area (Å²) in [5.41, 5.74) is 1.48. The average molecular weight is 392 g/mol. The molecule has 28 heavy (non-hydrogen) atoms. The van der Waals surface area contributed by atoms with E-state index in [1.165, 1.54) is 20.5 Å². The van der Waals surface area contributed by atoms with Crippen molar-refractivity contribution < 1.29 is 19.0 Å². The number of hydrogen-bond acceptors (Lipinski definition) is 7. The van der Waals surface area contributed by atoms with Gasteiger partial charge in [0.1, 0.15) is 11.2 Å². The Morgan fingerprint density at radius 3 is 2.54 bits per heavy atom. The minimum atomic E-state index is -0.445. The molecule has 7 heteroatoms. The van der Waals surface area contributed by atoms with E-state index in [2.05, 4.69) is 9.97 Å². The lowest BCUT2D eigenvalue weighted by Gasteiger charge is -2.11. The van der Waals surface area contributed by atoms with Gasteiger partial charge in [0.25, 0.3) is 0 Å². The van der Waals surface area contributed by atoms with Gasteiger partial charge in [0.05, 0.1) is 25.2 Å². The van der Waals surface area contributed by atoms with Crippen LogP contribution in [-0.4, -0.2) is 30.2 Å². The normalized spacial score (nSPS) is 10.6. The fraction of sp³-hybridized carbons (Fsp3) is 0.0952. The number of hydrogen-bond donors (Lipinski definition) is 0. The van der Waals surface area contributed by atoms with E-state index < -0.39 is 5.97 Å². The van der Waals surface area contributed by atoms with Crippen LogP contribution < -0.4 is 9.47 Å². The van der Waals surface area contributed by atoms with Crippen LogP contribution in [0.1, 0.15) is 10.4 Å². The molecule has 4 aromatic rings. The number of rotatable bonds is 5. The molecule has 0 fully saturated rings. The van der Waals surface area contributed by atoms with Gasteiger partial charge in [-0.2, -0.15) is 0 Å². The van der Waals surface area contributed by atoms with Gasteiger partial charge in [0.2, 0.25) is 5.88 Å². The number of carbonyl (C=O) groups excluding carboxylic acids is 1. The van der Waals surface area contributed by atoms with Gasteiger partial charge in [-0.3, -0.25) is 0 Å². The quantitative estimate of drug-likeness (QED) is 0.448. The summed E-state index contributed by atoms with van der Waals surface area (Å²) in [4.78, 5) is 22.3. The molecule has 0 aliphatic heterocycles. The zero-order valence-electron chi connectivity index (χ0n) is 15.2. The third kappa shape index (κ3) is 3.39. The van der Waals surface area contributed by atoms with Crippen LogP contribution in [0, 0.1) is 0 Å². The highest BCUT2D eigenvalue weighted by atomic mass is 32.1. The number of benzene rings is 2. The molecule has 0 aliphatic rings. The molecular formula is C21H16N2O4S. The van der Waals surface area contributed by atoms with Crippen molar-refractivity contribution in [3.63, 3.8) is 0 Å². The minimum absolute atomic E-state index is 0.376. The summed E-state index contributed by atoms with van der Waals surface area (Å²) in [5, 5.41) is 0.811. The molecule has 2 aromatic carbocycles. The number of thiophene rings is 1. The van der Waals surface area contributed by atoms with Crippen LogP contribution in [0.4, 0.5) is 0 Å². The highest BCUT2D eigenvalue weighted by molar-refractivity contribution is 7.21. The lowest BCUT2D eigenvalue weighted by molar-refractivity contribution is 0.0600. The highest BCUT2D eigenvalue weighted by Crippen LogP contribution is 2.39. The van der Waals surface area contributed by atoms with Crippen molar-refractivity contribution in [1.82, 2.24) is 9.97 Å². The van der Waals surface area contributed by atoms with Crippen LogP contribution in [0.3, 0.4) is 0 Å². The third-order valence-corrected chi connectivity index (χ3v) is 5.23. The van der Waals surface area contributed by atoms with E-state index >= 15 is 0 Å². The largest absolute Gasteiger partial charge is 0.493 e. The van der Waals surface area contributed by atoms with Crippen LogP contribution >= 0.6 is 11.3 Å². The lowest BCUT2D eigenvalue weighted by atomic mass is 10.2. The summed E-state index contributed by atoms with van der Waals surface area (Å²) in [7, 11) is 2.84. The Morgan fingerprint density at radius 2 is 1.79 bits per heavy atom. The monoisotopic (exact) mass is 392 g/mol. The maximum absolute atomic E-state index is 11.7.